The fourth-order valence-corrected chi connectivity index (χ4v) is 1.00. The summed E-state index contributed by atoms with van der Waals surface area (Å²) in [5.74, 6) is 0. The maximum Gasteiger partial charge on any atom is 0.0676 e. The van der Waals surface area contributed by atoms with Crippen LogP contribution in [0.25, 0.3) is 0 Å². The number of hydrogen-bond acceptors (Lipinski definition) is 2. The summed E-state index contributed by atoms with van der Waals surface area (Å²) in [4.78, 5) is 0. The average Bonchev–Trinajstić information content (AvgIpc) is 2.26. The Balaban J connectivity index is 2.62. The minimum absolute atomic E-state index is 0.704. The number of aryl methyl sites for hydroxylation is 2. The first-order valence-corrected chi connectivity index (χ1v) is 3.66. The first kappa shape index (κ1) is 8.27. The molecule has 0 unspecified atom stereocenters. The normalized spacial score (nSPS) is 10.5. The van der Waals surface area contributed by atoms with Gasteiger partial charge in [0.2, 0.25) is 0 Å². The summed E-state index contributed by atoms with van der Waals surface area (Å²) < 4.78 is 6.84. The predicted octanol–water partition coefficient (Wildman–Crippen LogP) is 0.947. The summed E-state index contributed by atoms with van der Waals surface area (Å²) in [5.41, 5.74) is 2.01. The Labute approximate surface area is 67.0 Å². The van der Waals surface area contributed by atoms with Crippen molar-refractivity contribution >= 4 is 0 Å². The zero-order chi connectivity index (χ0) is 8.27. The number of aromatic nitrogens is 2. The van der Waals surface area contributed by atoms with Crippen molar-refractivity contribution < 1.29 is 4.74 Å². The van der Waals surface area contributed by atoms with Gasteiger partial charge in [0, 0.05) is 18.9 Å². The zero-order valence-corrected chi connectivity index (χ0v) is 7.22. The van der Waals surface area contributed by atoms with E-state index < -0.39 is 0 Å². The third-order valence-electron chi connectivity index (χ3n) is 1.53. The predicted molar refractivity (Wildman–Crippen MR) is 42.4 cm³/mol. The zero-order valence-electron chi connectivity index (χ0n) is 7.22. The highest BCUT2D eigenvalue weighted by atomic mass is 16.5. The van der Waals surface area contributed by atoms with Crippen molar-refractivity contribution in [3.05, 3.63) is 17.5 Å². The molecule has 0 aliphatic rings. The summed E-state index contributed by atoms with van der Waals surface area (Å²) in [6.45, 7) is 5.45. The molecule has 0 atom stereocenters. The van der Waals surface area contributed by atoms with Gasteiger partial charge in [-0.25, -0.2) is 0 Å². The first-order chi connectivity index (χ1) is 5.24. The van der Waals surface area contributed by atoms with Crippen molar-refractivity contribution in [3.8, 4) is 0 Å². The highest BCUT2D eigenvalue weighted by Crippen LogP contribution is 1.99. The molecule has 61 valence electrons. The monoisotopic (exact) mass is 153 g/mol. The second-order valence-electron chi connectivity index (χ2n) is 2.51. The molecule has 0 fully saturated rings. The van der Waals surface area contributed by atoms with Gasteiger partial charge in [-0.2, -0.15) is 5.10 Å². The summed E-state index contributed by atoms with van der Waals surface area (Å²) in [7, 11) is 1.69. The molecule has 1 rings (SSSR count). The van der Waals surface area contributed by atoms with Crippen LogP contribution in [0.3, 0.4) is 0 Å². The van der Waals surface area contributed by atoms with E-state index in [9.17, 15) is 0 Å². The van der Waals surface area contributed by atoms with Gasteiger partial charge in [-0.1, -0.05) is 0 Å². The molecule has 0 N–H and O–H groups in total. The van der Waals surface area contributed by atoms with Crippen molar-refractivity contribution in [2.45, 2.75) is 20.4 Å². The first-order valence-electron chi connectivity index (χ1n) is 3.66. The molecule has 0 spiro atoms. The van der Waals surface area contributed by atoms with E-state index in [1.807, 2.05) is 18.5 Å². The quantitative estimate of drug-likeness (QED) is 0.646. The van der Waals surface area contributed by atoms with Gasteiger partial charge in [-0.05, 0) is 13.8 Å². The number of rotatable bonds is 3. The fraction of sp³-hybridized carbons (Fsp3) is 0.625. The molecule has 3 nitrogen and oxygen atoms in total. The van der Waals surface area contributed by atoms with Gasteiger partial charge in [0.05, 0.1) is 18.8 Å². The third kappa shape index (κ3) is 2.05. The van der Waals surface area contributed by atoms with Gasteiger partial charge >= 0.3 is 0 Å². The lowest BCUT2D eigenvalue weighted by Crippen LogP contribution is -2.07. The van der Waals surface area contributed by atoms with Gasteiger partial charge in [-0.15, -0.1) is 0 Å². The highest BCUT2D eigenvalue weighted by molar-refractivity contribution is 5.03. The number of nitrogens with zero attached hydrogens (tertiary/aromatic N) is 2. The van der Waals surface area contributed by atoms with E-state index in [4.69, 9.17) is 4.74 Å². The molecule has 0 bridgehead atoms. The van der Waals surface area contributed by atoms with Crippen LogP contribution in [0.4, 0.5) is 0 Å². The third-order valence-corrected chi connectivity index (χ3v) is 1.53. The van der Waals surface area contributed by atoms with E-state index in [-0.39, 0.29) is 0 Å². The fourth-order valence-electron chi connectivity index (χ4n) is 1.00. The lowest BCUT2D eigenvalue weighted by atomic mass is 10.4. The molecule has 1 aromatic rings. The maximum atomic E-state index is 4.94. The van der Waals surface area contributed by atoms with E-state index >= 15 is 0 Å². The lowest BCUT2D eigenvalue weighted by Gasteiger charge is -2.01. The Morgan fingerprint density at radius 3 is 2.73 bits per heavy atom. The Hall–Kier alpha value is -0.830. The second-order valence-corrected chi connectivity index (χ2v) is 2.51. The van der Waals surface area contributed by atoms with E-state index in [0.717, 1.165) is 17.9 Å². The Kier molecular flexibility index (Phi) is 2.65. The minimum atomic E-state index is 0.704. The van der Waals surface area contributed by atoms with Crippen molar-refractivity contribution in [2.75, 3.05) is 13.7 Å². The van der Waals surface area contributed by atoms with Crippen LogP contribution < -0.4 is 0 Å². The van der Waals surface area contributed by atoms with Crippen molar-refractivity contribution in [2.24, 2.45) is 0 Å². The average molecular weight is 153 g/mol. The van der Waals surface area contributed by atoms with E-state index in [1.54, 1.807) is 7.11 Å². The number of methoxy groups -OCH3 is 1. The van der Waals surface area contributed by atoms with Crippen LogP contribution in [0.15, 0.2) is 0 Å². The Bertz CT molecular complexity index is 230. The van der Waals surface area contributed by atoms with Crippen LogP contribution in [0, 0.1) is 19.9 Å². The molecule has 0 amide bonds. The lowest BCUT2D eigenvalue weighted by molar-refractivity contribution is 0.182. The largest absolute Gasteiger partial charge is 0.383 e. The van der Waals surface area contributed by atoms with Crippen LogP contribution in [-0.4, -0.2) is 23.5 Å². The molecule has 0 aliphatic heterocycles. The maximum absolute atomic E-state index is 4.94. The summed E-state index contributed by atoms with van der Waals surface area (Å²) in [6.07, 6.45) is 0. The number of hydrogen-bond donors (Lipinski definition) is 0. The van der Waals surface area contributed by atoms with Gasteiger partial charge in [0.15, 0.2) is 0 Å². The molecule has 3 heteroatoms. The molecule has 0 aliphatic carbocycles. The summed E-state index contributed by atoms with van der Waals surface area (Å²) in [5, 5.41) is 4.23. The standard InChI is InChI=1S/C8H13N2O/c1-7-6-8(2)10(9-7)4-5-11-3/h4-5H2,1-3H3. The second kappa shape index (κ2) is 3.53. The van der Waals surface area contributed by atoms with E-state index in [1.165, 1.54) is 0 Å². The van der Waals surface area contributed by atoms with E-state index in [0.29, 0.717) is 6.61 Å². The SMILES string of the molecule is COCCn1nc(C)[c]c1C. The van der Waals surface area contributed by atoms with Crippen molar-refractivity contribution in [1.82, 2.24) is 9.78 Å². The van der Waals surface area contributed by atoms with E-state index in [2.05, 4.69) is 11.2 Å². The van der Waals surface area contributed by atoms with Gasteiger partial charge < -0.3 is 4.74 Å². The summed E-state index contributed by atoms with van der Waals surface area (Å²) >= 11 is 0. The number of ether oxygens (including phenoxy) is 1. The molecular formula is C8H13N2O. The molecule has 0 aromatic carbocycles. The molecular weight excluding hydrogens is 140 g/mol. The Morgan fingerprint density at radius 1 is 1.55 bits per heavy atom. The van der Waals surface area contributed by atoms with Crippen LogP contribution in [0.1, 0.15) is 11.4 Å². The molecule has 0 saturated heterocycles. The van der Waals surface area contributed by atoms with Gasteiger partial charge in [0.25, 0.3) is 0 Å². The van der Waals surface area contributed by atoms with Gasteiger partial charge in [-0.3, -0.25) is 4.68 Å². The Morgan fingerprint density at radius 2 is 2.27 bits per heavy atom. The van der Waals surface area contributed by atoms with Crippen LogP contribution >= 0.6 is 0 Å². The minimum Gasteiger partial charge on any atom is -0.383 e. The molecule has 11 heavy (non-hydrogen) atoms. The topological polar surface area (TPSA) is 27.1 Å². The van der Waals surface area contributed by atoms with Crippen molar-refractivity contribution in [3.63, 3.8) is 0 Å². The molecule has 1 aromatic heterocycles. The van der Waals surface area contributed by atoms with Crippen LogP contribution in [0.5, 0.6) is 0 Å². The van der Waals surface area contributed by atoms with Gasteiger partial charge in [0.1, 0.15) is 0 Å². The molecule has 1 radical (unpaired) electrons. The molecule has 1 heterocycles. The van der Waals surface area contributed by atoms with Crippen molar-refractivity contribution in [1.29, 1.82) is 0 Å². The van der Waals surface area contributed by atoms with Crippen LogP contribution in [-0.2, 0) is 11.3 Å². The van der Waals surface area contributed by atoms with Crippen LogP contribution in [0.2, 0.25) is 0 Å². The highest BCUT2D eigenvalue weighted by Gasteiger charge is 1.99. The smallest absolute Gasteiger partial charge is 0.0676 e. The molecule has 0 saturated carbocycles. The summed E-state index contributed by atoms with van der Waals surface area (Å²) in [6, 6.07) is 3.11.